The maximum absolute atomic E-state index is 5.43. The minimum absolute atomic E-state index is 0.430. The first-order chi connectivity index (χ1) is 8.86. The van der Waals surface area contributed by atoms with Gasteiger partial charge < -0.3 is 14.6 Å². The molecular formula is C15H24N2O. The van der Waals surface area contributed by atoms with E-state index in [0.29, 0.717) is 5.54 Å². The van der Waals surface area contributed by atoms with Gasteiger partial charge in [-0.05, 0) is 44.5 Å². The summed E-state index contributed by atoms with van der Waals surface area (Å²) in [5.41, 5.74) is 0.430. The highest BCUT2D eigenvalue weighted by Crippen LogP contribution is 2.31. The molecule has 0 bridgehead atoms. The van der Waals surface area contributed by atoms with Crippen LogP contribution in [-0.2, 0) is 6.42 Å². The Labute approximate surface area is 110 Å². The number of nitrogens with zero attached hydrogens (tertiary/aromatic N) is 1. The molecule has 0 unspecified atom stereocenters. The van der Waals surface area contributed by atoms with Crippen molar-refractivity contribution < 1.29 is 4.42 Å². The van der Waals surface area contributed by atoms with Crippen LogP contribution in [0, 0.1) is 0 Å². The lowest BCUT2D eigenvalue weighted by Crippen LogP contribution is -2.49. The second-order valence-electron chi connectivity index (χ2n) is 5.87. The van der Waals surface area contributed by atoms with Gasteiger partial charge >= 0.3 is 0 Å². The third-order valence-electron chi connectivity index (χ3n) is 4.49. The zero-order valence-corrected chi connectivity index (χ0v) is 11.2. The van der Waals surface area contributed by atoms with Crippen molar-refractivity contribution in [2.75, 3.05) is 26.2 Å². The Morgan fingerprint density at radius 1 is 1.28 bits per heavy atom. The first-order valence-corrected chi connectivity index (χ1v) is 7.36. The Balaban J connectivity index is 1.57. The Hall–Kier alpha value is -0.800. The second kappa shape index (κ2) is 5.45. The molecule has 3 rings (SSSR count). The van der Waals surface area contributed by atoms with Gasteiger partial charge in [0.15, 0.2) is 0 Å². The number of nitrogens with one attached hydrogen (secondary N) is 1. The molecule has 0 atom stereocenters. The summed E-state index contributed by atoms with van der Waals surface area (Å²) in [6, 6.07) is 4.07. The van der Waals surface area contributed by atoms with Gasteiger partial charge in [-0.2, -0.15) is 0 Å². The number of hydrogen-bond acceptors (Lipinski definition) is 3. The van der Waals surface area contributed by atoms with E-state index in [0.717, 1.165) is 18.7 Å². The number of hydrogen-bond donors (Lipinski definition) is 1. The van der Waals surface area contributed by atoms with Gasteiger partial charge in [-0.25, -0.2) is 0 Å². The van der Waals surface area contributed by atoms with E-state index in [1.807, 2.05) is 6.07 Å². The zero-order chi connectivity index (χ0) is 12.3. The summed E-state index contributed by atoms with van der Waals surface area (Å²) in [6.45, 7) is 4.79. The number of furan rings is 1. The highest BCUT2D eigenvalue weighted by atomic mass is 16.3. The summed E-state index contributed by atoms with van der Waals surface area (Å²) in [4.78, 5) is 2.63. The van der Waals surface area contributed by atoms with Crippen molar-refractivity contribution >= 4 is 0 Å². The van der Waals surface area contributed by atoms with Crippen LogP contribution in [-0.4, -0.2) is 36.6 Å². The Morgan fingerprint density at radius 2 is 2.17 bits per heavy atom. The van der Waals surface area contributed by atoms with E-state index < -0.39 is 0 Å². The standard InChI is InChI=1S/C15H24N2O/c1-2-8-15(7-1)13-17(10-4-9-16-15)11-6-14-5-3-12-18-14/h3,5,12,16H,1-2,4,6-11,13H2. The molecule has 0 radical (unpaired) electrons. The summed E-state index contributed by atoms with van der Waals surface area (Å²) in [6.07, 6.45) is 9.63. The Kier molecular flexibility index (Phi) is 3.71. The molecule has 1 aromatic rings. The highest BCUT2D eigenvalue weighted by molar-refractivity contribution is 5.00. The van der Waals surface area contributed by atoms with Gasteiger partial charge in [0.25, 0.3) is 0 Å². The average Bonchev–Trinajstić information content (AvgIpc) is 2.99. The molecule has 1 aliphatic heterocycles. The predicted molar refractivity (Wildman–Crippen MR) is 72.7 cm³/mol. The molecular weight excluding hydrogens is 224 g/mol. The summed E-state index contributed by atoms with van der Waals surface area (Å²) in [7, 11) is 0. The summed E-state index contributed by atoms with van der Waals surface area (Å²) in [5, 5.41) is 3.82. The normalized spacial score (nSPS) is 24.4. The van der Waals surface area contributed by atoms with Gasteiger partial charge in [0, 0.05) is 25.0 Å². The van der Waals surface area contributed by atoms with Crippen molar-refractivity contribution in [2.24, 2.45) is 0 Å². The lowest BCUT2D eigenvalue weighted by molar-refractivity contribution is 0.209. The summed E-state index contributed by atoms with van der Waals surface area (Å²) < 4.78 is 5.43. The third-order valence-corrected chi connectivity index (χ3v) is 4.49. The molecule has 1 aromatic heterocycles. The molecule has 3 nitrogen and oxygen atoms in total. The molecule has 1 saturated heterocycles. The Bertz CT molecular complexity index is 355. The van der Waals surface area contributed by atoms with Crippen LogP contribution in [0.5, 0.6) is 0 Å². The quantitative estimate of drug-likeness (QED) is 0.890. The van der Waals surface area contributed by atoms with Crippen LogP contribution < -0.4 is 5.32 Å². The van der Waals surface area contributed by atoms with E-state index in [1.54, 1.807) is 6.26 Å². The average molecular weight is 248 g/mol. The van der Waals surface area contributed by atoms with Crippen LogP contribution in [0.1, 0.15) is 37.9 Å². The molecule has 1 N–H and O–H groups in total. The van der Waals surface area contributed by atoms with Crippen molar-refractivity contribution in [3.8, 4) is 0 Å². The van der Waals surface area contributed by atoms with Crippen LogP contribution in [0.3, 0.4) is 0 Å². The summed E-state index contributed by atoms with van der Waals surface area (Å²) in [5.74, 6) is 1.12. The van der Waals surface area contributed by atoms with Crippen LogP contribution in [0.2, 0.25) is 0 Å². The molecule has 1 spiro atoms. The van der Waals surface area contributed by atoms with Gasteiger partial charge in [-0.1, -0.05) is 12.8 Å². The van der Waals surface area contributed by atoms with Gasteiger partial charge in [0.2, 0.25) is 0 Å². The van der Waals surface area contributed by atoms with E-state index in [-0.39, 0.29) is 0 Å². The van der Waals surface area contributed by atoms with E-state index in [1.165, 1.54) is 51.7 Å². The van der Waals surface area contributed by atoms with Crippen LogP contribution >= 0.6 is 0 Å². The van der Waals surface area contributed by atoms with Crippen molar-refractivity contribution in [1.82, 2.24) is 10.2 Å². The number of rotatable bonds is 3. The van der Waals surface area contributed by atoms with Crippen molar-refractivity contribution in [1.29, 1.82) is 0 Å². The maximum atomic E-state index is 5.43. The predicted octanol–water partition coefficient (Wildman–Crippen LogP) is 2.43. The fraction of sp³-hybridized carbons (Fsp3) is 0.733. The van der Waals surface area contributed by atoms with E-state index in [2.05, 4.69) is 16.3 Å². The van der Waals surface area contributed by atoms with Crippen molar-refractivity contribution in [2.45, 2.75) is 44.1 Å². The van der Waals surface area contributed by atoms with E-state index >= 15 is 0 Å². The molecule has 100 valence electrons. The molecule has 2 heterocycles. The first-order valence-electron chi connectivity index (χ1n) is 7.36. The maximum Gasteiger partial charge on any atom is 0.105 e. The zero-order valence-electron chi connectivity index (χ0n) is 11.2. The Morgan fingerprint density at radius 3 is 2.94 bits per heavy atom. The van der Waals surface area contributed by atoms with Gasteiger partial charge in [-0.15, -0.1) is 0 Å². The summed E-state index contributed by atoms with van der Waals surface area (Å²) >= 11 is 0. The molecule has 1 saturated carbocycles. The largest absolute Gasteiger partial charge is 0.469 e. The monoisotopic (exact) mass is 248 g/mol. The first kappa shape index (κ1) is 12.2. The molecule has 18 heavy (non-hydrogen) atoms. The molecule has 2 fully saturated rings. The molecule has 1 aliphatic carbocycles. The lowest BCUT2D eigenvalue weighted by Gasteiger charge is -2.33. The highest BCUT2D eigenvalue weighted by Gasteiger charge is 2.36. The van der Waals surface area contributed by atoms with Gasteiger partial charge in [-0.3, -0.25) is 0 Å². The second-order valence-corrected chi connectivity index (χ2v) is 5.87. The van der Waals surface area contributed by atoms with E-state index in [9.17, 15) is 0 Å². The molecule has 0 aromatic carbocycles. The molecule has 2 aliphatic rings. The molecule has 3 heteroatoms. The van der Waals surface area contributed by atoms with Crippen molar-refractivity contribution in [3.63, 3.8) is 0 Å². The lowest BCUT2D eigenvalue weighted by atomic mass is 9.97. The minimum Gasteiger partial charge on any atom is -0.469 e. The van der Waals surface area contributed by atoms with Gasteiger partial charge in [0.1, 0.15) is 5.76 Å². The van der Waals surface area contributed by atoms with Crippen LogP contribution in [0.25, 0.3) is 0 Å². The SMILES string of the molecule is c1coc(CCN2CCCNC3(CCCC3)C2)c1. The van der Waals surface area contributed by atoms with Crippen LogP contribution in [0.4, 0.5) is 0 Å². The fourth-order valence-corrected chi connectivity index (χ4v) is 3.52. The topological polar surface area (TPSA) is 28.4 Å². The van der Waals surface area contributed by atoms with Crippen molar-refractivity contribution in [3.05, 3.63) is 24.2 Å². The minimum atomic E-state index is 0.430. The fourth-order valence-electron chi connectivity index (χ4n) is 3.52. The van der Waals surface area contributed by atoms with Crippen LogP contribution in [0.15, 0.2) is 22.8 Å². The third kappa shape index (κ3) is 2.78. The smallest absolute Gasteiger partial charge is 0.105 e. The molecule has 0 amide bonds. The van der Waals surface area contributed by atoms with Gasteiger partial charge in [0.05, 0.1) is 6.26 Å². The van der Waals surface area contributed by atoms with E-state index in [4.69, 9.17) is 4.42 Å².